The molecule has 1 atom stereocenters. The molecule has 1 N–H and O–H groups in total. The van der Waals surface area contributed by atoms with Gasteiger partial charge in [0.2, 0.25) is 0 Å². The Morgan fingerprint density at radius 1 is 1.71 bits per heavy atom. The van der Waals surface area contributed by atoms with Crippen molar-refractivity contribution in [2.45, 2.75) is 12.5 Å². The standard InChI is InChI=1S/C10H14N2OS/c1-12-3-2-8(4-9(12)5-13)10-6-14-7-11-10/h2,6-7,9,13H,3-5H2,1H3/t9-/m0/s1. The Hall–Kier alpha value is -0.710. The van der Waals surface area contributed by atoms with Crippen molar-refractivity contribution in [3.8, 4) is 0 Å². The molecule has 1 aromatic heterocycles. The van der Waals surface area contributed by atoms with Crippen LogP contribution in [-0.2, 0) is 0 Å². The third-order valence-electron chi connectivity index (χ3n) is 2.68. The predicted octanol–water partition coefficient (Wildman–Crippen LogP) is 1.22. The smallest absolute Gasteiger partial charge is 0.0798 e. The zero-order chi connectivity index (χ0) is 9.97. The number of hydrogen-bond acceptors (Lipinski definition) is 4. The van der Waals surface area contributed by atoms with E-state index in [4.69, 9.17) is 0 Å². The Balaban J connectivity index is 2.15. The number of aliphatic hydroxyl groups excluding tert-OH is 1. The highest BCUT2D eigenvalue weighted by molar-refractivity contribution is 7.07. The van der Waals surface area contributed by atoms with Crippen LogP contribution in [0.5, 0.6) is 0 Å². The molecule has 1 aliphatic heterocycles. The molecular formula is C10H14N2OS. The highest BCUT2D eigenvalue weighted by Crippen LogP contribution is 2.25. The van der Waals surface area contributed by atoms with Crippen LogP contribution < -0.4 is 0 Å². The minimum absolute atomic E-state index is 0.220. The Bertz CT molecular complexity index is 321. The van der Waals surface area contributed by atoms with E-state index in [1.54, 1.807) is 11.3 Å². The van der Waals surface area contributed by atoms with Gasteiger partial charge in [0.05, 0.1) is 17.8 Å². The van der Waals surface area contributed by atoms with E-state index in [-0.39, 0.29) is 12.6 Å². The monoisotopic (exact) mass is 210 g/mol. The molecular weight excluding hydrogens is 196 g/mol. The van der Waals surface area contributed by atoms with Gasteiger partial charge in [-0.2, -0.15) is 0 Å². The van der Waals surface area contributed by atoms with Crippen LogP contribution in [0.3, 0.4) is 0 Å². The number of aliphatic hydroxyl groups is 1. The van der Waals surface area contributed by atoms with E-state index in [1.165, 1.54) is 5.57 Å². The maximum atomic E-state index is 9.19. The van der Waals surface area contributed by atoms with Gasteiger partial charge in [-0.25, -0.2) is 4.98 Å². The van der Waals surface area contributed by atoms with Crippen molar-refractivity contribution in [2.75, 3.05) is 20.2 Å². The summed E-state index contributed by atoms with van der Waals surface area (Å²) in [5, 5.41) is 11.3. The van der Waals surface area contributed by atoms with E-state index < -0.39 is 0 Å². The Kier molecular flexibility index (Phi) is 2.96. The second-order valence-electron chi connectivity index (χ2n) is 3.58. The normalized spacial score (nSPS) is 23.6. The van der Waals surface area contributed by atoms with Gasteiger partial charge >= 0.3 is 0 Å². The van der Waals surface area contributed by atoms with Crippen molar-refractivity contribution in [3.05, 3.63) is 22.7 Å². The Labute approximate surface area is 87.7 Å². The summed E-state index contributed by atoms with van der Waals surface area (Å²) in [6.07, 6.45) is 3.10. The first kappa shape index (κ1) is 9.83. The van der Waals surface area contributed by atoms with Crippen LogP contribution in [0.2, 0.25) is 0 Å². The molecule has 2 heterocycles. The molecule has 1 aromatic rings. The van der Waals surface area contributed by atoms with E-state index >= 15 is 0 Å². The van der Waals surface area contributed by atoms with E-state index in [0.29, 0.717) is 0 Å². The van der Waals surface area contributed by atoms with Gasteiger partial charge in [-0.05, 0) is 19.0 Å². The zero-order valence-corrected chi connectivity index (χ0v) is 9.00. The van der Waals surface area contributed by atoms with Crippen LogP contribution in [0.1, 0.15) is 12.1 Å². The van der Waals surface area contributed by atoms with Crippen LogP contribution >= 0.6 is 11.3 Å². The molecule has 0 saturated heterocycles. The largest absolute Gasteiger partial charge is 0.395 e. The first-order valence-corrected chi connectivity index (χ1v) is 5.64. The fourth-order valence-corrected chi connectivity index (χ4v) is 2.26. The lowest BCUT2D eigenvalue weighted by atomic mass is 9.99. The zero-order valence-electron chi connectivity index (χ0n) is 8.18. The molecule has 0 saturated carbocycles. The molecule has 0 spiro atoms. The number of likely N-dealkylation sites (N-methyl/N-ethyl adjacent to an activating group) is 1. The van der Waals surface area contributed by atoms with Gasteiger partial charge < -0.3 is 5.11 Å². The highest BCUT2D eigenvalue weighted by atomic mass is 32.1. The van der Waals surface area contributed by atoms with Gasteiger partial charge in [-0.1, -0.05) is 6.08 Å². The molecule has 0 radical (unpaired) electrons. The van der Waals surface area contributed by atoms with Crippen LogP contribution in [0.15, 0.2) is 17.0 Å². The molecule has 3 nitrogen and oxygen atoms in total. The summed E-state index contributed by atoms with van der Waals surface area (Å²) in [5.41, 5.74) is 4.19. The van der Waals surface area contributed by atoms with Crippen LogP contribution in [0, 0.1) is 0 Å². The minimum atomic E-state index is 0.220. The molecule has 0 fully saturated rings. The second-order valence-corrected chi connectivity index (χ2v) is 4.30. The Morgan fingerprint density at radius 2 is 2.57 bits per heavy atom. The first-order valence-electron chi connectivity index (χ1n) is 4.70. The lowest BCUT2D eigenvalue weighted by Crippen LogP contribution is -2.37. The van der Waals surface area contributed by atoms with Crippen molar-refractivity contribution < 1.29 is 5.11 Å². The molecule has 76 valence electrons. The quantitative estimate of drug-likeness (QED) is 0.797. The molecule has 1 aliphatic rings. The second kappa shape index (κ2) is 4.21. The average molecular weight is 210 g/mol. The molecule has 0 aliphatic carbocycles. The molecule has 0 aromatic carbocycles. The number of thiazole rings is 1. The summed E-state index contributed by atoms with van der Waals surface area (Å²) >= 11 is 1.61. The van der Waals surface area contributed by atoms with Gasteiger partial charge in [-0.15, -0.1) is 11.3 Å². The number of aromatic nitrogens is 1. The summed E-state index contributed by atoms with van der Waals surface area (Å²) in [6, 6.07) is 0.247. The van der Waals surface area contributed by atoms with E-state index in [0.717, 1.165) is 18.7 Å². The van der Waals surface area contributed by atoms with Gasteiger partial charge in [0.1, 0.15) is 0 Å². The van der Waals surface area contributed by atoms with E-state index in [2.05, 4.69) is 21.3 Å². The van der Waals surface area contributed by atoms with Gasteiger partial charge in [0.25, 0.3) is 0 Å². The third kappa shape index (κ3) is 1.87. The van der Waals surface area contributed by atoms with Crippen molar-refractivity contribution >= 4 is 16.9 Å². The van der Waals surface area contributed by atoms with Gasteiger partial charge in [0.15, 0.2) is 0 Å². The fourth-order valence-electron chi connectivity index (χ4n) is 1.68. The maximum Gasteiger partial charge on any atom is 0.0798 e. The number of rotatable bonds is 2. The van der Waals surface area contributed by atoms with Crippen LogP contribution in [-0.4, -0.2) is 41.2 Å². The van der Waals surface area contributed by atoms with Crippen molar-refractivity contribution in [3.63, 3.8) is 0 Å². The molecule has 2 rings (SSSR count). The van der Waals surface area contributed by atoms with Crippen LogP contribution in [0.4, 0.5) is 0 Å². The summed E-state index contributed by atoms with van der Waals surface area (Å²) in [4.78, 5) is 6.45. The summed E-state index contributed by atoms with van der Waals surface area (Å²) in [5.74, 6) is 0. The lowest BCUT2D eigenvalue weighted by Gasteiger charge is -2.30. The molecule has 14 heavy (non-hydrogen) atoms. The van der Waals surface area contributed by atoms with Gasteiger partial charge in [0, 0.05) is 18.0 Å². The minimum Gasteiger partial charge on any atom is -0.395 e. The maximum absolute atomic E-state index is 9.19. The first-order chi connectivity index (χ1) is 6.81. The summed E-state index contributed by atoms with van der Waals surface area (Å²) < 4.78 is 0. The average Bonchev–Trinajstić information content (AvgIpc) is 2.71. The highest BCUT2D eigenvalue weighted by Gasteiger charge is 2.20. The SMILES string of the molecule is CN1CC=C(c2cscn2)C[C@H]1CO. The fraction of sp³-hybridized carbons (Fsp3) is 0.500. The lowest BCUT2D eigenvalue weighted by molar-refractivity contribution is 0.155. The molecule has 0 bridgehead atoms. The summed E-state index contributed by atoms with van der Waals surface area (Å²) in [7, 11) is 2.04. The molecule has 4 heteroatoms. The Morgan fingerprint density at radius 3 is 3.21 bits per heavy atom. The van der Waals surface area contributed by atoms with Crippen molar-refractivity contribution in [1.29, 1.82) is 0 Å². The molecule has 0 amide bonds. The van der Waals surface area contributed by atoms with Crippen molar-refractivity contribution in [1.82, 2.24) is 9.88 Å². The molecule has 0 unspecified atom stereocenters. The number of hydrogen-bond donors (Lipinski definition) is 1. The number of nitrogens with zero attached hydrogens (tertiary/aromatic N) is 2. The van der Waals surface area contributed by atoms with E-state index in [9.17, 15) is 5.11 Å². The van der Waals surface area contributed by atoms with Gasteiger partial charge in [-0.3, -0.25) is 4.90 Å². The predicted molar refractivity (Wildman–Crippen MR) is 58.2 cm³/mol. The van der Waals surface area contributed by atoms with Crippen LogP contribution in [0.25, 0.3) is 5.57 Å². The van der Waals surface area contributed by atoms with Crippen molar-refractivity contribution in [2.24, 2.45) is 0 Å². The summed E-state index contributed by atoms with van der Waals surface area (Å²) in [6.45, 7) is 1.12. The topological polar surface area (TPSA) is 36.4 Å². The van der Waals surface area contributed by atoms with E-state index in [1.807, 2.05) is 12.6 Å². The third-order valence-corrected chi connectivity index (χ3v) is 3.26.